The summed E-state index contributed by atoms with van der Waals surface area (Å²) in [5.41, 5.74) is 3.55. The third-order valence-corrected chi connectivity index (χ3v) is 5.10. The maximum Gasteiger partial charge on any atom is 0.207 e. The van der Waals surface area contributed by atoms with E-state index in [1.54, 1.807) is 12.7 Å². The minimum absolute atomic E-state index is 0.307. The fourth-order valence-corrected chi connectivity index (χ4v) is 3.94. The van der Waals surface area contributed by atoms with Crippen molar-refractivity contribution in [1.82, 2.24) is 24.1 Å². The normalized spacial score (nSPS) is 26.5. The molecular weight excluding hydrogens is 346 g/mol. The highest BCUT2D eigenvalue weighted by Crippen LogP contribution is 2.44. The molecule has 0 saturated carbocycles. The van der Waals surface area contributed by atoms with E-state index in [0.717, 1.165) is 17.2 Å². The summed E-state index contributed by atoms with van der Waals surface area (Å²) in [5, 5.41) is 0. The summed E-state index contributed by atoms with van der Waals surface area (Å²) in [6, 6.07) is 4.11. The summed E-state index contributed by atoms with van der Waals surface area (Å²) < 4.78 is 21.9. The first kappa shape index (κ1) is 16.5. The second-order valence-electron chi connectivity index (χ2n) is 7.47. The standard InChI is InChI=1S/C19H21N5O3/c1-10-6-7-11(2)24(10)17-13-16(20-8-21-17)23(9-22-13)18-15-14(12(3)25-18)26-19(4,5)27-15/h6-9,14-15,18H,3H2,1-2,4-5H3/t14-,15-,18-/m1/s1. The molecule has 3 aromatic rings. The molecule has 0 bridgehead atoms. The van der Waals surface area contributed by atoms with Crippen LogP contribution in [0.4, 0.5) is 0 Å². The Morgan fingerprint density at radius 2 is 1.81 bits per heavy atom. The van der Waals surface area contributed by atoms with Crippen LogP contribution in [0, 0.1) is 13.8 Å². The minimum Gasteiger partial charge on any atom is -0.469 e. The van der Waals surface area contributed by atoms with Gasteiger partial charge in [-0.2, -0.15) is 0 Å². The van der Waals surface area contributed by atoms with Crippen molar-refractivity contribution in [1.29, 1.82) is 0 Å². The summed E-state index contributed by atoms with van der Waals surface area (Å²) in [6.45, 7) is 11.8. The van der Waals surface area contributed by atoms with Gasteiger partial charge in [0, 0.05) is 11.4 Å². The number of imidazole rings is 1. The predicted molar refractivity (Wildman–Crippen MR) is 97.2 cm³/mol. The van der Waals surface area contributed by atoms with Crippen molar-refractivity contribution in [3.8, 4) is 5.82 Å². The van der Waals surface area contributed by atoms with E-state index in [0.29, 0.717) is 16.9 Å². The van der Waals surface area contributed by atoms with Gasteiger partial charge in [-0.05, 0) is 39.8 Å². The fourth-order valence-electron chi connectivity index (χ4n) is 3.94. The first-order chi connectivity index (χ1) is 12.9. The average molecular weight is 367 g/mol. The Balaban J connectivity index is 1.62. The zero-order chi connectivity index (χ0) is 18.9. The molecule has 0 radical (unpaired) electrons. The van der Waals surface area contributed by atoms with Gasteiger partial charge < -0.3 is 18.8 Å². The lowest BCUT2D eigenvalue weighted by Gasteiger charge is -2.23. The summed E-state index contributed by atoms with van der Waals surface area (Å²) in [4.78, 5) is 13.5. The number of aryl methyl sites for hydroxylation is 2. The monoisotopic (exact) mass is 367 g/mol. The molecule has 2 aliphatic rings. The van der Waals surface area contributed by atoms with Crippen molar-refractivity contribution in [2.75, 3.05) is 0 Å². The number of aromatic nitrogens is 5. The molecule has 2 saturated heterocycles. The van der Waals surface area contributed by atoms with E-state index in [1.807, 2.05) is 32.3 Å². The van der Waals surface area contributed by atoms with Gasteiger partial charge in [-0.15, -0.1) is 0 Å². The van der Waals surface area contributed by atoms with Gasteiger partial charge in [0.25, 0.3) is 0 Å². The zero-order valence-electron chi connectivity index (χ0n) is 15.7. The number of hydrogen-bond donors (Lipinski definition) is 0. The molecule has 0 amide bonds. The molecule has 140 valence electrons. The van der Waals surface area contributed by atoms with Gasteiger partial charge in [0.15, 0.2) is 28.9 Å². The maximum atomic E-state index is 6.06. The third-order valence-electron chi connectivity index (χ3n) is 5.10. The molecule has 27 heavy (non-hydrogen) atoms. The topological polar surface area (TPSA) is 76.2 Å². The highest BCUT2D eigenvalue weighted by atomic mass is 16.8. The minimum atomic E-state index is -0.684. The lowest BCUT2D eigenvalue weighted by molar-refractivity contribution is -0.173. The molecule has 3 aromatic heterocycles. The van der Waals surface area contributed by atoms with E-state index in [4.69, 9.17) is 14.2 Å². The lowest BCUT2D eigenvalue weighted by atomic mass is 10.2. The van der Waals surface area contributed by atoms with Gasteiger partial charge in [0.2, 0.25) is 6.23 Å². The quantitative estimate of drug-likeness (QED) is 0.693. The molecule has 2 fully saturated rings. The van der Waals surface area contributed by atoms with E-state index >= 15 is 0 Å². The molecule has 0 aromatic carbocycles. The van der Waals surface area contributed by atoms with Crippen molar-refractivity contribution in [3.63, 3.8) is 0 Å². The Bertz CT molecular complexity index is 1050. The van der Waals surface area contributed by atoms with Crippen LogP contribution in [-0.2, 0) is 14.2 Å². The van der Waals surface area contributed by atoms with Crippen LogP contribution >= 0.6 is 0 Å². The number of hydrogen-bond acceptors (Lipinski definition) is 6. The Morgan fingerprint density at radius 1 is 1.07 bits per heavy atom. The molecule has 0 N–H and O–H groups in total. The van der Waals surface area contributed by atoms with Gasteiger partial charge in [-0.25, -0.2) is 15.0 Å². The Hall–Kier alpha value is -2.71. The highest BCUT2D eigenvalue weighted by Gasteiger charge is 2.54. The van der Waals surface area contributed by atoms with E-state index in [-0.39, 0.29) is 12.2 Å². The van der Waals surface area contributed by atoms with Gasteiger partial charge in [-0.3, -0.25) is 4.57 Å². The Morgan fingerprint density at radius 3 is 2.56 bits per heavy atom. The van der Waals surface area contributed by atoms with Crippen molar-refractivity contribution >= 4 is 11.2 Å². The van der Waals surface area contributed by atoms with Crippen LogP contribution in [0.1, 0.15) is 31.5 Å². The number of rotatable bonds is 2. The summed E-state index contributed by atoms with van der Waals surface area (Å²) in [5.74, 6) is 0.621. The van der Waals surface area contributed by atoms with Crippen molar-refractivity contribution in [2.24, 2.45) is 0 Å². The Labute approximate surface area is 156 Å². The second-order valence-corrected chi connectivity index (χ2v) is 7.47. The summed E-state index contributed by atoms with van der Waals surface area (Å²) >= 11 is 0. The molecule has 5 heterocycles. The van der Waals surface area contributed by atoms with Crippen LogP contribution in [0.3, 0.4) is 0 Å². The van der Waals surface area contributed by atoms with Crippen LogP contribution in [0.5, 0.6) is 0 Å². The molecule has 5 rings (SSSR count). The lowest BCUT2D eigenvalue weighted by Crippen LogP contribution is -2.27. The number of fused-ring (bicyclic) bond motifs is 2. The first-order valence-electron chi connectivity index (χ1n) is 8.90. The number of ether oxygens (including phenoxy) is 3. The van der Waals surface area contributed by atoms with Crippen molar-refractivity contribution in [2.45, 2.75) is 51.9 Å². The molecule has 8 heteroatoms. The van der Waals surface area contributed by atoms with Crippen molar-refractivity contribution in [3.05, 3.63) is 48.5 Å². The largest absolute Gasteiger partial charge is 0.469 e. The van der Waals surface area contributed by atoms with Crippen LogP contribution in [-0.4, -0.2) is 42.1 Å². The van der Waals surface area contributed by atoms with E-state index in [2.05, 4.69) is 38.2 Å². The fraction of sp³-hybridized carbons (Fsp3) is 0.421. The smallest absolute Gasteiger partial charge is 0.207 e. The first-order valence-corrected chi connectivity index (χ1v) is 8.90. The van der Waals surface area contributed by atoms with Crippen LogP contribution < -0.4 is 0 Å². The van der Waals surface area contributed by atoms with Crippen LogP contribution in [0.25, 0.3) is 17.0 Å². The predicted octanol–water partition coefficient (Wildman–Crippen LogP) is 2.80. The number of nitrogens with zero attached hydrogens (tertiary/aromatic N) is 5. The van der Waals surface area contributed by atoms with Gasteiger partial charge in [-0.1, -0.05) is 6.58 Å². The van der Waals surface area contributed by atoms with E-state index in [9.17, 15) is 0 Å². The van der Waals surface area contributed by atoms with Gasteiger partial charge >= 0.3 is 0 Å². The molecule has 2 aliphatic heterocycles. The third kappa shape index (κ3) is 2.33. The molecular formula is C19H21N5O3. The summed E-state index contributed by atoms with van der Waals surface area (Å²) in [7, 11) is 0. The van der Waals surface area contributed by atoms with Gasteiger partial charge in [0.05, 0.1) is 0 Å². The van der Waals surface area contributed by atoms with Gasteiger partial charge in [0.1, 0.15) is 24.5 Å². The van der Waals surface area contributed by atoms with Crippen molar-refractivity contribution < 1.29 is 14.2 Å². The maximum absolute atomic E-state index is 6.06. The van der Waals surface area contributed by atoms with Crippen LogP contribution in [0.15, 0.2) is 37.1 Å². The molecule has 3 atom stereocenters. The summed E-state index contributed by atoms with van der Waals surface area (Å²) in [6.07, 6.45) is 2.21. The molecule has 0 aliphatic carbocycles. The van der Waals surface area contributed by atoms with Crippen LogP contribution in [0.2, 0.25) is 0 Å². The highest BCUT2D eigenvalue weighted by molar-refractivity contribution is 5.78. The van der Waals surface area contributed by atoms with E-state index in [1.165, 1.54) is 0 Å². The SMILES string of the molecule is C=C1O[C@@H](n2cnc3c(-n4c(C)ccc4C)ncnc32)[C@@H]2OC(C)(C)O[C@H]12. The average Bonchev–Trinajstić information content (AvgIpc) is 3.33. The molecule has 0 spiro atoms. The zero-order valence-corrected chi connectivity index (χ0v) is 15.7. The molecule has 8 nitrogen and oxygen atoms in total. The van der Waals surface area contributed by atoms with E-state index < -0.39 is 12.0 Å². The Kier molecular flexibility index (Phi) is 3.29. The second kappa shape index (κ2) is 5.40. The molecule has 0 unspecified atom stereocenters.